The van der Waals surface area contributed by atoms with Crippen LogP contribution in [0.15, 0.2) is 0 Å². The van der Waals surface area contributed by atoms with Crippen LogP contribution >= 0.6 is 0 Å². The van der Waals surface area contributed by atoms with Gasteiger partial charge in [0.05, 0.1) is 0 Å². The van der Waals surface area contributed by atoms with Crippen LogP contribution in [0.4, 0.5) is 0 Å². The van der Waals surface area contributed by atoms with Crippen LogP contribution in [0.2, 0.25) is 0 Å². The topological polar surface area (TPSA) is 15.3 Å². The second kappa shape index (κ2) is 3.55. The summed E-state index contributed by atoms with van der Waals surface area (Å²) >= 11 is 0. The van der Waals surface area contributed by atoms with Crippen molar-refractivity contribution in [1.82, 2.24) is 10.2 Å². The Morgan fingerprint density at radius 3 is 2.91 bits per heavy atom. The zero-order valence-corrected chi connectivity index (χ0v) is 7.18. The maximum atomic E-state index is 3.43. The molecular formula is C9H18N2. The van der Waals surface area contributed by atoms with Gasteiger partial charge in [0.2, 0.25) is 0 Å². The van der Waals surface area contributed by atoms with Gasteiger partial charge in [0.25, 0.3) is 0 Å². The molecule has 0 aromatic heterocycles. The Balaban J connectivity index is 1.71. The summed E-state index contributed by atoms with van der Waals surface area (Å²) in [4.78, 5) is 2.62. The minimum atomic E-state index is 1.06. The molecule has 2 heteroatoms. The van der Waals surface area contributed by atoms with E-state index in [9.17, 15) is 0 Å². The first-order valence-electron chi connectivity index (χ1n) is 4.88. The van der Waals surface area contributed by atoms with Gasteiger partial charge in [0.1, 0.15) is 0 Å². The number of rotatable bonds is 2. The lowest BCUT2D eigenvalue weighted by Crippen LogP contribution is -2.29. The first kappa shape index (κ1) is 7.56. The van der Waals surface area contributed by atoms with Gasteiger partial charge >= 0.3 is 0 Å². The quantitative estimate of drug-likeness (QED) is 0.629. The number of hydrogen-bond donors (Lipinski definition) is 1. The van der Waals surface area contributed by atoms with Crippen molar-refractivity contribution in [1.29, 1.82) is 0 Å². The monoisotopic (exact) mass is 154 g/mol. The molecule has 2 nitrogen and oxygen atoms in total. The summed E-state index contributed by atoms with van der Waals surface area (Å²) in [5.41, 5.74) is 0. The van der Waals surface area contributed by atoms with Crippen molar-refractivity contribution in [2.75, 3.05) is 32.7 Å². The molecule has 64 valence electrons. The highest BCUT2D eigenvalue weighted by Crippen LogP contribution is 2.29. The Bertz CT molecular complexity index is 113. The van der Waals surface area contributed by atoms with E-state index in [4.69, 9.17) is 0 Å². The molecule has 0 aromatic rings. The lowest BCUT2D eigenvalue weighted by molar-refractivity contribution is 0.281. The van der Waals surface area contributed by atoms with E-state index in [-0.39, 0.29) is 0 Å². The molecule has 1 aliphatic heterocycles. The summed E-state index contributed by atoms with van der Waals surface area (Å²) in [5.74, 6) is 1.06. The van der Waals surface area contributed by atoms with E-state index < -0.39 is 0 Å². The van der Waals surface area contributed by atoms with Gasteiger partial charge in [-0.3, -0.25) is 0 Å². The van der Waals surface area contributed by atoms with E-state index in [1.54, 1.807) is 0 Å². The largest absolute Gasteiger partial charge is 0.315 e. The predicted molar refractivity (Wildman–Crippen MR) is 46.7 cm³/mol. The van der Waals surface area contributed by atoms with Gasteiger partial charge in [-0.2, -0.15) is 0 Å². The molecule has 2 fully saturated rings. The maximum absolute atomic E-state index is 3.43. The fraction of sp³-hybridized carbons (Fsp3) is 1.00. The second-order valence-corrected chi connectivity index (χ2v) is 3.85. The summed E-state index contributed by atoms with van der Waals surface area (Å²) < 4.78 is 0. The van der Waals surface area contributed by atoms with Crippen LogP contribution in [-0.2, 0) is 0 Å². The van der Waals surface area contributed by atoms with Gasteiger partial charge in [0.15, 0.2) is 0 Å². The molecule has 0 bridgehead atoms. The van der Waals surface area contributed by atoms with Crippen LogP contribution in [0, 0.1) is 5.92 Å². The zero-order valence-electron chi connectivity index (χ0n) is 7.18. The smallest absolute Gasteiger partial charge is 0.0107 e. The van der Waals surface area contributed by atoms with Gasteiger partial charge < -0.3 is 10.2 Å². The standard InChI is InChI=1S/C9H18N2/c1-4-10-5-7-11(6-1)8-9-2-3-9/h9-10H,1-8H2. The molecule has 0 radical (unpaired) electrons. The maximum Gasteiger partial charge on any atom is 0.0107 e. The van der Waals surface area contributed by atoms with Crippen LogP contribution in [0.25, 0.3) is 0 Å². The third kappa shape index (κ3) is 2.46. The Morgan fingerprint density at radius 1 is 1.18 bits per heavy atom. The molecule has 2 rings (SSSR count). The van der Waals surface area contributed by atoms with E-state index in [2.05, 4.69) is 10.2 Å². The van der Waals surface area contributed by atoms with E-state index >= 15 is 0 Å². The SMILES string of the molecule is C1CNCCN(CC2CC2)C1. The predicted octanol–water partition coefficient (Wildman–Crippen LogP) is 0.692. The molecule has 1 saturated carbocycles. The average molecular weight is 154 g/mol. The fourth-order valence-corrected chi connectivity index (χ4v) is 1.75. The summed E-state index contributed by atoms with van der Waals surface area (Å²) in [6.45, 7) is 6.40. The van der Waals surface area contributed by atoms with E-state index in [1.165, 1.54) is 52.0 Å². The zero-order chi connectivity index (χ0) is 7.52. The highest BCUT2D eigenvalue weighted by molar-refractivity contribution is 4.78. The van der Waals surface area contributed by atoms with Gasteiger partial charge in [-0.05, 0) is 38.3 Å². The number of nitrogens with zero attached hydrogens (tertiary/aromatic N) is 1. The lowest BCUT2D eigenvalue weighted by atomic mass is 10.3. The molecule has 11 heavy (non-hydrogen) atoms. The molecule has 0 atom stereocenters. The Morgan fingerprint density at radius 2 is 2.09 bits per heavy atom. The molecule has 2 aliphatic rings. The number of hydrogen-bond acceptors (Lipinski definition) is 2. The highest BCUT2D eigenvalue weighted by atomic mass is 15.2. The van der Waals surface area contributed by atoms with Crippen molar-refractivity contribution in [2.24, 2.45) is 5.92 Å². The molecule has 0 spiro atoms. The van der Waals surface area contributed by atoms with Crippen molar-refractivity contribution in [2.45, 2.75) is 19.3 Å². The van der Waals surface area contributed by atoms with E-state index in [0.717, 1.165) is 5.92 Å². The molecule has 1 aliphatic carbocycles. The first-order chi connectivity index (χ1) is 5.45. The van der Waals surface area contributed by atoms with Gasteiger partial charge in [-0.25, -0.2) is 0 Å². The van der Waals surface area contributed by atoms with Crippen LogP contribution < -0.4 is 5.32 Å². The summed E-state index contributed by atoms with van der Waals surface area (Å²) in [6, 6.07) is 0. The van der Waals surface area contributed by atoms with Gasteiger partial charge in [-0.1, -0.05) is 0 Å². The van der Waals surface area contributed by atoms with Crippen LogP contribution in [-0.4, -0.2) is 37.6 Å². The molecule has 1 saturated heterocycles. The molecule has 0 unspecified atom stereocenters. The third-order valence-corrected chi connectivity index (χ3v) is 2.65. The fourth-order valence-electron chi connectivity index (χ4n) is 1.75. The summed E-state index contributed by atoms with van der Waals surface area (Å²) in [6.07, 6.45) is 4.32. The van der Waals surface area contributed by atoms with Crippen molar-refractivity contribution >= 4 is 0 Å². The highest BCUT2D eigenvalue weighted by Gasteiger charge is 2.24. The van der Waals surface area contributed by atoms with Gasteiger partial charge in [-0.15, -0.1) is 0 Å². The average Bonchev–Trinajstić information content (AvgIpc) is 2.77. The lowest BCUT2D eigenvalue weighted by Gasteiger charge is -2.18. The van der Waals surface area contributed by atoms with Crippen LogP contribution in [0.5, 0.6) is 0 Å². The summed E-state index contributed by atoms with van der Waals surface area (Å²) in [5, 5.41) is 3.43. The Kier molecular flexibility index (Phi) is 2.44. The van der Waals surface area contributed by atoms with E-state index in [0.29, 0.717) is 0 Å². The van der Waals surface area contributed by atoms with Gasteiger partial charge in [0, 0.05) is 19.6 Å². The second-order valence-electron chi connectivity index (χ2n) is 3.85. The van der Waals surface area contributed by atoms with Crippen molar-refractivity contribution in [3.8, 4) is 0 Å². The minimum Gasteiger partial charge on any atom is -0.315 e. The van der Waals surface area contributed by atoms with Crippen LogP contribution in [0.3, 0.4) is 0 Å². The minimum absolute atomic E-state index is 1.06. The molecular weight excluding hydrogens is 136 g/mol. The number of nitrogens with one attached hydrogen (secondary N) is 1. The molecule has 0 amide bonds. The normalized spacial score (nSPS) is 28.4. The van der Waals surface area contributed by atoms with Crippen molar-refractivity contribution in [3.05, 3.63) is 0 Å². The third-order valence-electron chi connectivity index (χ3n) is 2.65. The molecule has 1 heterocycles. The van der Waals surface area contributed by atoms with E-state index in [1.807, 2.05) is 0 Å². The Labute approximate surface area is 69.0 Å². The Hall–Kier alpha value is -0.0800. The molecule has 0 aromatic carbocycles. The van der Waals surface area contributed by atoms with Crippen molar-refractivity contribution in [3.63, 3.8) is 0 Å². The summed E-state index contributed by atoms with van der Waals surface area (Å²) in [7, 11) is 0. The molecule has 1 N–H and O–H groups in total. The van der Waals surface area contributed by atoms with Crippen LogP contribution in [0.1, 0.15) is 19.3 Å². The first-order valence-corrected chi connectivity index (χ1v) is 4.88. The van der Waals surface area contributed by atoms with Crippen molar-refractivity contribution < 1.29 is 0 Å².